The van der Waals surface area contributed by atoms with E-state index in [9.17, 15) is 5.21 Å². The predicted octanol–water partition coefficient (Wildman–Crippen LogP) is -1.02. The van der Waals surface area contributed by atoms with E-state index in [2.05, 4.69) is 0 Å². The summed E-state index contributed by atoms with van der Waals surface area (Å²) in [6, 6.07) is 0. The van der Waals surface area contributed by atoms with Crippen LogP contribution in [0, 0.1) is 11.6 Å². The Kier molecular flexibility index (Phi) is 1.08. The van der Waals surface area contributed by atoms with Crippen molar-refractivity contribution in [1.82, 2.24) is 0 Å². The molecule has 0 aromatic carbocycles. The first-order valence-electron chi connectivity index (χ1n) is 2.23. The van der Waals surface area contributed by atoms with E-state index in [1.54, 1.807) is 0 Å². The lowest BCUT2D eigenvalue weighted by Gasteiger charge is -2.11. The number of hydrogen-bond acceptors (Lipinski definition) is 1. The van der Waals surface area contributed by atoms with E-state index in [4.69, 9.17) is 0 Å². The molecular formula is C4H8NO. The van der Waals surface area contributed by atoms with Crippen molar-refractivity contribution < 1.29 is 5.06 Å². The van der Waals surface area contributed by atoms with Crippen LogP contribution in [-0.4, -0.2) is 13.1 Å². The van der Waals surface area contributed by atoms with Gasteiger partial charge in [-0.1, -0.05) is 0 Å². The van der Waals surface area contributed by atoms with Gasteiger partial charge >= 0.3 is 0 Å². The van der Waals surface area contributed by atoms with Crippen molar-refractivity contribution in [3.8, 4) is 0 Å². The SMILES string of the molecule is [O-][NH+]1C[CH]CC1. The number of hydrogen-bond donors (Lipinski definition) is 1. The molecule has 2 heteroatoms. The monoisotopic (exact) mass is 86.1 g/mol. The van der Waals surface area contributed by atoms with E-state index in [0.29, 0.717) is 5.06 Å². The smallest absolute Gasteiger partial charge is 0.0804 e. The fourth-order valence-corrected chi connectivity index (χ4v) is 0.628. The summed E-state index contributed by atoms with van der Waals surface area (Å²) in [4.78, 5) is 0. The van der Waals surface area contributed by atoms with E-state index in [-0.39, 0.29) is 0 Å². The molecule has 1 rings (SSSR count). The molecule has 1 atom stereocenters. The first kappa shape index (κ1) is 4.09. The summed E-state index contributed by atoms with van der Waals surface area (Å²) < 4.78 is 0. The van der Waals surface area contributed by atoms with Crippen LogP contribution < -0.4 is 5.06 Å². The van der Waals surface area contributed by atoms with Gasteiger partial charge in [0.15, 0.2) is 0 Å². The van der Waals surface area contributed by atoms with Crippen LogP contribution in [0.25, 0.3) is 0 Å². The normalized spacial score (nSPS) is 25.5. The van der Waals surface area contributed by atoms with Gasteiger partial charge < -0.3 is 10.3 Å². The highest BCUT2D eigenvalue weighted by atomic mass is 16.5. The molecular weight excluding hydrogens is 78.0 g/mol. The first-order valence-corrected chi connectivity index (χ1v) is 2.23. The Morgan fingerprint density at radius 1 is 1.67 bits per heavy atom. The summed E-state index contributed by atoms with van der Waals surface area (Å²) in [5.74, 6) is 0. The molecule has 0 bridgehead atoms. The fraction of sp³-hybridized carbons (Fsp3) is 0.750. The molecule has 1 aliphatic heterocycles. The van der Waals surface area contributed by atoms with Crippen molar-refractivity contribution in [3.05, 3.63) is 11.6 Å². The van der Waals surface area contributed by atoms with Crippen LogP contribution in [0.1, 0.15) is 6.42 Å². The van der Waals surface area contributed by atoms with Crippen molar-refractivity contribution >= 4 is 0 Å². The zero-order valence-electron chi connectivity index (χ0n) is 3.61. The molecule has 0 aliphatic carbocycles. The topological polar surface area (TPSA) is 27.5 Å². The highest BCUT2D eigenvalue weighted by Gasteiger charge is 2.04. The number of hydroxylamine groups is 2. The second-order valence-electron chi connectivity index (χ2n) is 1.57. The van der Waals surface area contributed by atoms with Crippen molar-refractivity contribution in [2.45, 2.75) is 6.42 Å². The number of nitrogens with one attached hydrogen (secondary N) is 1. The Morgan fingerprint density at radius 3 is 2.67 bits per heavy atom. The Labute approximate surface area is 37.3 Å². The van der Waals surface area contributed by atoms with Gasteiger partial charge in [-0.15, -0.1) is 0 Å². The molecule has 0 aromatic heterocycles. The molecule has 1 N–H and O–H groups in total. The average Bonchev–Trinajstić information content (AvgIpc) is 1.86. The van der Waals surface area contributed by atoms with Gasteiger partial charge in [0.1, 0.15) is 0 Å². The number of rotatable bonds is 0. The molecule has 1 saturated heterocycles. The van der Waals surface area contributed by atoms with E-state index in [1.165, 1.54) is 0 Å². The largest absolute Gasteiger partial charge is 0.634 e. The van der Waals surface area contributed by atoms with Crippen molar-refractivity contribution in [2.24, 2.45) is 0 Å². The van der Waals surface area contributed by atoms with Crippen LogP contribution in [0.2, 0.25) is 0 Å². The Hall–Kier alpha value is -0.0800. The Morgan fingerprint density at radius 2 is 2.50 bits per heavy atom. The summed E-state index contributed by atoms with van der Waals surface area (Å²) in [6.07, 6.45) is 3.04. The summed E-state index contributed by atoms with van der Waals surface area (Å²) in [5.41, 5.74) is 0. The fourth-order valence-electron chi connectivity index (χ4n) is 0.628. The van der Waals surface area contributed by atoms with Crippen LogP contribution in [0.4, 0.5) is 0 Å². The lowest BCUT2D eigenvalue weighted by molar-refractivity contribution is -0.831. The van der Waals surface area contributed by atoms with Crippen LogP contribution in [-0.2, 0) is 0 Å². The minimum atomic E-state index is 0.398. The molecule has 6 heavy (non-hydrogen) atoms. The average molecular weight is 86.1 g/mol. The van der Waals surface area contributed by atoms with E-state index in [1.807, 2.05) is 6.42 Å². The third-order valence-electron chi connectivity index (χ3n) is 0.999. The van der Waals surface area contributed by atoms with Crippen LogP contribution in [0.15, 0.2) is 0 Å². The summed E-state index contributed by atoms with van der Waals surface area (Å²) >= 11 is 0. The van der Waals surface area contributed by atoms with Crippen LogP contribution in [0.5, 0.6) is 0 Å². The van der Waals surface area contributed by atoms with Gasteiger partial charge in [-0.25, -0.2) is 0 Å². The highest BCUT2D eigenvalue weighted by molar-refractivity contribution is 4.66. The van der Waals surface area contributed by atoms with Crippen molar-refractivity contribution in [2.75, 3.05) is 13.1 Å². The van der Waals surface area contributed by atoms with Crippen LogP contribution in [0.3, 0.4) is 0 Å². The number of quaternary nitrogens is 1. The third kappa shape index (κ3) is 0.698. The lowest BCUT2D eigenvalue weighted by atomic mass is 10.4. The summed E-state index contributed by atoms with van der Waals surface area (Å²) in [6.45, 7) is 1.51. The molecule has 0 saturated carbocycles. The van der Waals surface area contributed by atoms with E-state index in [0.717, 1.165) is 19.5 Å². The van der Waals surface area contributed by atoms with Gasteiger partial charge in [0, 0.05) is 12.8 Å². The highest BCUT2D eigenvalue weighted by Crippen LogP contribution is 1.83. The van der Waals surface area contributed by atoms with E-state index < -0.39 is 0 Å². The zero-order valence-corrected chi connectivity index (χ0v) is 3.61. The van der Waals surface area contributed by atoms with Crippen molar-refractivity contribution in [3.63, 3.8) is 0 Å². The maximum atomic E-state index is 10.2. The second-order valence-corrected chi connectivity index (χ2v) is 1.57. The van der Waals surface area contributed by atoms with Gasteiger partial charge in [-0.05, 0) is 0 Å². The Balaban J connectivity index is 2.18. The van der Waals surface area contributed by atoms with Gasteiger partial charge in [0.2, 0.25) is 0 Å². The predicted molar refractivity (Wildman–Crippen MR) is 23.0 cm³/mol. The lowest BCUT2D eigenvalue weighted by Crippen LogP contribution is -3.04. The molecule has 0 amide bonds. The second kappa shape index (κ2) is 1.58. The molecule has 1 radical (unpaired) electrons. The molecule has 0 spiro atoms. The summed E-state index contributed by atoms with van der Waals surface area (Å²) in [5, 5.41) is 10.6. The maximum Gasteiger partial charge on any atom is 0.0804 e. The Bertz CT molecular complexity index is 40.8. The van der Waals surface area contributed by atoms with Gasteiger partial charge in [0.05, 0.1) is 13.1 Å². The standard InChI is InChI=1S/C4H8NO/c6-5-3-1-2-4-5/h1,5H,2-4H2. The van der Waals surface area contributed by atoms with Crippen molar-refractivity contribution in [1.29, 1.82) is 0 Å². The molecule has 1 aliphatic rings. The van der Waals surface area contributed by atoms with E-state index >= 15 is 0 Å². The molecule has 1 heterocycles. The molecule has 2 nitrogen and oxygen atoms in total. The third-order valence-corrected chi connectivity index (χ3v) is 0.999. The zero-order chi connectivity index (χ0) is 4.41. The quantitative estimate of drug-likeness (QED) is 0.375. The molecule has 1 unspecified atom stereocenters. The molecule has 35 valence electrons. The summed E-state index contributed by atoms with van der Waals surface area (Å²) in [7, 11) is 0. The first-order chi connectivity index (χ1) is 2.89. The minimum absolute atomic E-state index is 0.398. The van der Waals surface area contributed by atoms with Crippen LogP contribution >= 0.6 is 0 Å². The van der Waals surface area contributed by atoms with Gasteiger partial charge in [-0.3, -0.25) is 0 Å². The molecule has 1 fully saturated rings. The van der Waals surface area contributed by atoms with Gasteiger partial charge in [-0.2, -0.15) is 0 Å². The van der Waals surface area contributed by atoms with Gasteiger partial charge in [0.25, 0.3) is 0 Å². The maximum absolute atomic E-state index is 10.2. The minimum Gasteiger partial charge on any atom is -0.634 e. The molecule has 0 aromatic rings.